The average Bonchev–Trinajstić information content (AvgIpc) is 2.92. The van der Waals surface area contributed by atoms with Gasteiger partial charge in [0.1, 0.15) is 23.5 Å². The number of carbonyl (C=O) groups is 3. The predicted octanol–water partition coefficient (Wildman–Crippen LogP) is 2.83. The van der Waals surface area contributed by atoms with Crippen LogP contribution in [0.5, 0.6) is 5.75 Å². The number of nitrogens with one attached hydrogen (secondary N) is 2. The van der Waals surface area contributed by atoms with Gasteiger partial charge in [-0.15, -0.1) is 0 Å². The van der Waals surface area contributed by atoms with Gasteiger partial charge in [0, 0.05) is 37.8 Å². The summed E-state index contributed by atoms with van der Waals surface area (Å²) in [6, 6.07) is 14.4. The minimum atomic E-state index is -2.26. The first-order valence-electron chi connectivity index (χ1n) is 12.1. The van der Waals surface area contributed by atoms with Crippen molar-refractivity contribution in [1.29, 1.82) is 0 Å². The van der Waals surface area contributed by atoms with Crippen molar-refractivity contribution < 1.29 is 21.9 Å². The first-order valence-corrected chi connectivity index (χ1v) is 11.1. The summed E-state index contributed by atoms with van der Waals surface area (Å²) in [5.74, 6) is -0.834. The van der Waals surface area contributed by atoms with Crippen molar-refractivity contribution >= 4 is 17.7 Å². The zero-order valence-electron chi connectivity index (χ0n) is 21.9. The SMILES string of the molecule is [2H]C([2H])(NC(=O)c1cc(C(=O)NCc2cccc(OC)c2)ncn1)c1ccc(C(=O)N(CC)CC)cc1. The molecule has 3 amide bonds. The molecule has 1 aromatic heterocycles. The Kier molecular flexibility index (Phi) is 7.89. The topological polar surface area (TPSA) is 114 Å². The van der Waals surface area contributed by atoms with Crippen LogP contribution in [-0.2, 0) is 13.0 Å². The molecule has 0 bridgehead atoms. The number of hydrogen-bond donors (Lipinski definition) is 2. The van der Waals surface area contributed by atoms with Gasteiger partial charge in [0.15, 0.2) is 0 Å². The normalized spacial score (nSPS) is 11.6. The first-order chi connectivity index (χ1) is 17.7. The number of ether oxygens (including phenoxy) is 1. The molecule has 0 spiro atoms. The van der Waals surface area contributed by atoms with Crippen LogP contribution in [0, 0.1) is 0 Å². The van der Waals surface area contributed by atoms with Gasteiger partial charge in [-0.25, -0.2) is 9.97 Å². The van der Waals surface area contributed by atoms with Gasteiger partial charge in [-0.2, -0.15) is 0 Å². The first kappa shape index (κ1) is 22.5. The summed E-state index contributed by atoms with van der Waals surface area (Å²) in [5, 5.41) is 5.00. The molecule has 3 aromatic rings. The van der Waals surface area contributed by atoms with Crippen molar-refractivity contribution in [3.05, 3.63) is 89.0 Å². The molecule has 0 unspecified atom stereocenters. The minimum Gasteiger partial charge on any atom is -0.497 e. The number of nitrogens with zero attached hydrogens (tertiary/aromatic N) is 3. The zero-order valence-corrected chi connectivity index (χ0v) is 19.9. The minimum absolute atomic E-state index is 0.0390. The third kappa shape index (κ3) is 6.86. The molecule has 0 radical (unpaired) electrons. The molecule has 1 heterocycles. The van der Waals surface area contributed by atoms with E-state index in [0.29, 0.717) is 24.4 Å². The molecular formula is C26H29N5O4. The zero-order chi connectivity index (χ0) is 27.0. The van der Waals surface area contributed by atoms with Gasteiger partial charge in [0.05, 0.1) is 9.85 Å². The molecule has 0 fully saturated rings. The van der Waals surface area contributed by atoms with Crippen molar-refractivity contribution in [2.45, 2.75) is 26.9 Å². The summed E-state index contributed by atoms with van der Waals surface area (Å²) in [5.41, 5.74) is 1.19. The Labute approximate surface area is 207 Å². The van der Waals surface area contributed by atoms with Gasteiger partial charge in [-0.05, 0) is 49.2 Å². The van der Waals surface area contributed by atoms with Crippen molar-refractivity contribution in [2.24, 2.45) is 0 Å². The number of amides is 3. The summed E-state index contributed by atoms with van der Waals surface area (Å²) in [6.45, 7) is 2.85. The van der Waals surface area contributed by atoms with Gasteiger partial charge in [0.25, 0.3) is 17.7 Å². The molecule has 2 N–H and O–H groups in total. The fourth-order valence-electron chi connectivity index (χ4n) is 3.24. The number of hydrogen-bond acceptors (Lipinski definition) is 6. The highest BCUT2D eigenvalue weighted by Gasteiger charge is 2.14. The summed E-state index contributed by atoms with van der Waals surface area (Å²) in [4.78, 5) is 47.3. The van der Waals surface area contributed by atoms with Crippen LogP contribution in [0.2, 0.25) is 0 Å². The Bertz CT molecular complexity index is 1260. The maximum atomic E-state index is 12.8. The Morgan fingerprint density at radius 3 is 2.20 bits per heavy atom. The van der Waals surface area contributed by atoms with E-state index in [2.05, 4.69) is 20.6 Å². The molecule has 0 saturated carbocycles. The summed E-state index contributed by atoms with van der Waals surface area (Å²) in [7, 11) is 1.55. The smallest absolute Gasteiger partial charge is 0.270 e. The van der Waals surface area contributed by atoms with Crippen LogP contribution < -0.4 is 15.4 Å². The Balaban J connectivity index is 1.66. The number of carbonyl (C=O) groups excluding carboxylic acids is 3. The number of benzene rings is 2. The summed E-state index contributed by atoms with van der Waals surface area (Å²) >= 11 is 0. The van der Waals surface area contributed by atoms with E-state index in [-0.39, 0.29) is 29.4 Å². The van der Waals surface area contributed by atoms with Gasteiger partial charge >= 0.3 is 0 Å². The van der Waals surface area contributed by atoms with Crippen molar-refractivity contribution in [1.82, 2.24) is 25.5 Å². The third-order valence-corrected chi connectivity index (χ3v) is 5.22. The van der Waals surface area contributed by atoms with E-state index >= 15 is 0 Å². The monoisotopic (exact) mass is 477 g/mol. The van der Waals surface area contributed by atoms with Crippen LogP contribution in [0.25, 0.3) is 0 Å². The lowest BCUT2D eigenvalue weighted by Gasteiger charge is -2.18. The molecule has 3 rings (SSSR count). The fraction of sp³-hybridized carbons (Fsp3) is 0.269. The van der Waals surface area contributed by atoms with Crippen LogP contribution in [0.4, 0.5) is 0 Å². The molecule has 9 nitrogen and oxygen atoms in total. The van der Waals surface area contributed by atoms with Crippen LogP contribution in [-0.4, -0.2) is 52.8 Å². The molecular weight excluding hydrogens is 446 g/mol. The molecule has 2 aromatic carbocycles. The van der Waals surface area contributed by atoms with Crippen LogP contribution in [0.1, 0.15) is 59.1 Å². The van der Waals surface area contributed by atoms with Crippen molar-refractivity contribution in [3.8, 4) is 5.75 Å². The second kappa shape index (κ2) is 12.3. The van der Waals surface area contributed by atoms with E-state index in [0.717, 1.165) is 11.9 Å². The lowest BCUT2D eigenvalue weighted by molar-refractivity contribution is 0.0772. The van der Waals surface area contributed by atoms with Gasteiger partial charge < -0.3 is 20.3 Å². The second-order valence-electron chi connectivity index (χ2n) is 7.46. The predicted molar refractivity (Wildman–Crippen MR) is 131 cm³/mol. The van der Waals surface area contributed by atoms with Gasteiger partial charge in [-0.3, -0.25) is 14.4 Å². The highest BCUT2D eigenvalue weighted by molar-refractivity contribution is 5.97. The van der Waals surface area contributed by atoms with E-state index in [9.17, 15) is 14.4 Å². The lowest BCUT2D eigenvalue weighted by Crippen LogP contribution is -2.30. The van der Waals surface area contributed by atoms with Crippen molar-refractivity contribution in [2.75, 3.05) is 20.2 Å². The van der Waals surface area contributed by atoms with E-state index in [1.54, 1.807) is 30.2 Å². The molecule has 182 valence electrons. The molecule has 0 aliphatic carbocycles. The highest BCUT2D eigenvalue weighted by Crippen LogP contribution is 2.12. The van der Waals surface area contributed by atoms with E-state index in [1.165, 1.54) is 30.3 Å². The van der Waals surface area contributed by atoms with E-state index in [1.807, 2.05) is 19.9 Å². The van der Waals surface area contributed by atoms with Crippen LogP contribution in [0.15, 0.2) is 60.9 Å². The molecule has 0 aliphatic heterocycles. The molecule has 35 heavy (non-hydrogen) atoms. The maximum absolute atomic E-state index is 12.8. The Morgan fingerprint density at radius 2 is 1.57 bits per heavy atom. The Morgan fingerprint density at radius 1 is 0.914 bits per heavy atom. The molecule has 0 saturated heterocycles. The summed E-state index contributed by atoms with van der Waals surface area (Å²) in [6.07, 6.45) is 1.07. The van der Waals surface area contributed by atoms with Gasteiger partial charge in [-0.1, -0.05) is 24.3 Å². The summed E-state index contributed by atoms with van der Waals surface area (Å²) < 4.78 is 21.8. The lowest BCUT2D eigenvalue weighted by atomic mass is 10.1. The number of aromatic nitrogens is 2. The number of methoxy groups -OCH3 is 1. The quantitative estimate of drug-likeness (QED) is 0.464. The largest absolute Gasteiger partial charge is 0.497 e. The Hall–Kier alpha value is -4.27. The average molecular weight is 478 g/mol. The maximum Gasteiger partial charge on any atom is 0.270 e. The van der Waals surface area contributed by atoms with E-state index in [4.69, 9.17) is 7.48 Å². The standard InChI is InChI=1S/C26H29N5O4/c1-4-31(5-2)26(34)20-11-9-18(10-12-20)15-27-24(32)22-14-23(30-17-29-22)25(33)28-16-19-7-6-8-21(13-19)35-3/h6-14,17H,4-5,15-16H2,1-3H3,(H,27,32)(H,28,33)/i15D2. The fourth-order valence-corrected chi connectivity index (χ4v) is 3.24. The van der Waals surface area contributed by atoms with Crippen LogP contribution in [0.3, 0.4) is 0 Å². The number of rotatable bonds is 10. The second-order valence-corrected chi connectivity index (χ2v) is 7.46. The molecule has 0 atom stereocenters. The molecule has 9 heteroatoms. The highest BCUT2D eigenvalue weighted by atomic mass is 16.5. The third-order valence-electron chi connectivity index (χ3n) is 5.22. The van der Waals surface area contributed by atoms with E-state index < -0.39 is 18.3 Å². The van der Waals surface area contributed by atoms with Gasteiger partial charge in [0.2, 0.25) is 0 Å². The molecule has 0 aliphatic rings. The van der Waals surface area contributed by atoms with Crippen LogP contribution >= 0.6 is 0 Å². The van der Waals surface area contributed by atoms with Crippen molar-refractivity contribution in [3.63, 3.8) is 0 Å².